The minimum atomic E-state index is -0.159. The number of benzene rings is 1. The largest absolute Gasteiger partial charge is 0.399 e. The van der Waals surface area contributed by atoms with Gasteiger partial charge < -0.3 is 16.4 Å². The fourth-order valence-electron chi connectivity index (χ4n) is 1.49. The number of hydrogen-bond acceptors (Lipinski definition) is 2. The minimum absolute atomic E-state index is 0.159. The van der Waals surface area contributed by atoms with Crippen molar-refractivity contribution in [1.29, 1.82) is 0 Å². The van der Waals surface area contributed by atoms with Crippen molar-refractivity contribution in [3.63, 3.8) is 0 Å². The van der Waals surface area contributed by atoms with E-state index in [9.17, 15) is 4.79 Å². The van der Waals surface area contributed by atoms with E-state index >= 15 is 0 Å². The standard InChI is InChI=1S/C11H12BrN3O/c12-9-6-14-11(16)15-10(9)5-7-1-3-8(13)4-2-7/h1-4H,5-6,13H2,(H2,14,15,16). The Morgan fingerprint density at radius 1 is 1.31 bits per heavy atom. The third-order valence-corrected chi connectivity index (χ3v) is 3.12. The summed E-state index contributed by atoms with van der Waals surface area (Å²) in [6.45, 7) is 0.538. The highest BCUT2D eigenvalue weighted by Crippen LogP contribution is 2.17. The lowest BCUT2D eigenvalue weighted by Crippen LogP contribution is -2.41. The Morgan fingerprint density at radius 3 is 2.69 bits per heavy atom. The molecule has 0 bridgehead atoms. The zero-order valence-corrected chi connectivity index (χ0v) is 10.2. The Bertz CT molecular complexity index is 439. The summed E-state index contributed by atoms with van der Waals surface area (Å²) in [5.74, 6) is 0. The van der Waals surface area contributed by atoms with Gasteiger partial charge in [0.15, 0.2) is 0 Å². The fourth-order valence-corrected chi connectivity index (χ4v) is 1.87. The molecule has 4 N–H and O–H groups in total. The number of amides is 2. The van der Waals surface area contributed by atoms with Gasteiger partial charge in [-0.25, -0.2) is 4.79 Å². The number of rotatable bonds is 2. The van der Waals surface area contributed by atoms with Gasteiger partial charge in [0.2, 0.25) is 0 Å². The molecule has 0 fully saturated rings. The number of nitrogens with one attached hydrogen (secondary N) is 2. The second-order valence-corrected chi connectivity index (χ2v) is 4.57. The first kappa shape index (κ1) is 11.0. The quantitative estimate of drug-likeness (QED) is 0.723. The summed E-state index contributed by atoms with van der Waals surface area (Å²) in [5, 5.41) is 5.46. The van der Waals surface area contributed by atoms with Crippen LogP contribution >= 0.6 is 15.9 Å². The molecule has 0 spiro atoms. The predicted octanol–water partition coefficient (Wildman–Crippen LogP) is 1.73. The van der Waals surface area contributed by atoms with Crippen LogP contribution in [0.2, 0.25) is 0 Å². The van der Waals surface area contributed by atoms with Gasteiger partial charge in [-0.2, -0.15) is 0 Å². The maximum absolute atomic E-state index is 11.2. The number of carbonyl (C=O) groups excluding carboxylic acids is 1. The van der Waals surface area contributed by atoms with Gasteiger partial charge in [-0.15, -0.1) is 0 Å². The topological polar surface area (TPSA) is 67.1 Å². The highest BCUT2D eigenvalue weighted by molar-refractivity contribution is 9.11. The molecule has 2 amide bonds. The van der Waals surface area contributed by atoms with Gasteiger partial charge in [-0.05, 0) is 17.7 Å². The van der Waals surface area contributed by atoms with Crippen LogP contribution in [0.3, 0.4) is 0 Å². The van der Waals surface area contributed by atoms with Gasteiger partial charge in [0.05, 0.1) is 6.54 Å². The molecule has 84 valence electrons. The van der Waals surface area contributed by atoms with Crippen LogP contribution in [0.1, 0.15) is 5.56 Å². The van der Waals surface area contributed by atoms with Crippen LogP contribution in [0.25, 0.3) is 0 Å². The van der Waals surface area contributed by atoms with Crippen molar-refractivity contribution < 1.29 is 4.79 Å². The lowest BCUT2D eigenvalue weighted by atomic mass is 10.1. The molecule has 2 rings (SSSR count). The Hall–Kier alpha value is -1.49. The molecule has 0 unspecified atom stereocenters. The molecule has 1 heterocycles. The van der Waals surface area contributed by atoms with E-state index in [0.29, 0.717) is 13.0 Å². The second kappa shape index (κ2) is 4.57. The van der Waals surface area contributed by atoms with E-state index in [1.165, 1.54) is 0 Å². The van der Waals surface area contributed by atoms with Crippen molar-refractivity contribution in [1.82, 2.24) is 10.6 Å². The molecule has 0 aromatic heterocycles. The predicted molar refractivity (Wildman–Crippen MR) is 67.0 cm³/mol. The normalized spacial score (nSPS) is 15.7. The molecule has 1 aromatic rings. The van der Waals surface area contributed by atoms with Crippen molar-refractivity contribution in [2.75, 3.05) is 12.3 Å². The van der Waals surface area contributed by atoms with Crippen molar-refractivity contribution in [2.24, 2.45) is 0 Å². The van der Waals surface area contributed by atoms with Gasteiger partial charge in [0.1, 0.15) is 0 Å². The summed E-state index contributed by atoms with van der Waals surface area (Å²) in [5.41, 5.74) is 8.36. The highest BCUT2D eigenvalue weighted by atomic mass is 79.9. The van der Waals surface area contributed by atoms with E-state index < -0.39 is 0 Å². The fraction of sp³-hybridized carbons (Fsp3) is 0.182. The van der Waals surface area contributed by atoms with Gasteiger partial charge in [-0.1, -0.05) is 28.1 Å². The van der Waals surface area contributed by atoms with Crippen LogP contribution in [0.4, 0.5) is 10.5 Å². The summed E-state index contributed by atoms with van der Waals surface area (Å²) >= 11 is 3.43. The minimum Gasteiger partial charge on any atom is -0.399 e. The highest BCUT2D eigenvalue weighted by Gasteiger charge is 2.15. The SMILES string of the molecule is Nc1ccc(CC2=C(Br)CNC(=O)N2)cc1. The van der Waals surface area contributed by atoms with Crippen LogP contribution in [0.5, 0.6) is 0 Å². The summed E-state index contributed by atoms with van der Waals surface area (Å²) in [6.07, 6.45) is 0.689. The summed E-state index contributed by atoms with van der Waals surface area (Å²) in [7, 11) is 0. The van der Waals surface area contributed by atoms with Crippen LogP contribution in [0.15, 0.2) is 34.4 Å². The van der Waals surface area contributed by atoms with Crippen LogP contribution in [-0.2, 0) is 6.42 Å². The number of halogens is 1. The Balaban J connectivity index is 2.14. The molecule has 1 aliphatic rings. The van der Waals surface area contributed by atoms with Crippen molar-refractivity contribution >= 4 is 27.6 Å². The van der Waals surface area contributed by atoms with Gasteiger partial charge in [0.25, 0.3) is 0 Å². The first-order valence-electron chi connectivity index (χ1n) is 4.92. The smallest absolute Gasteiger partial charge is 0.319 e. The molecule has 0 aliphatic carbocycles. The number of hydrogen-bond donors (Lipinski definition) is 3. The number of nitrogen functional groups attached to an aromatic ring is 1. The molecule has 16 heavy (non-hydrogen) atoms. The number of allylic oxidation sites excluding steroid dienone is 1. The van der Waals surface area contributed by atoms with Crippen molar-refractivity contribution in [3.8, 4) is 0 Å². The number of anilines is 1. The average molecular weight is 282 g/mol. The van der Waals surface area contributed by atoms with Crippen molar-refractivity contribution in [2.45, 2.75) is 6.42 Å². The summed E-state index contributed by atoms with van der Waals surface area (Å²) < 4.78 is 0.976. The zero-order valence-electron chi connectivity index (χ0n) is 8.59. The van der Waals surface area contributed by atoms with E-state index in [1.807, 2.05) is 24.3 Å². The van der Waals surface area contributed by atoms with Gasteiger partial charge >= 0.3 is 6.03 Å². The molecule has 4 nitrogen and oxygen atoms in total. The molecule has 0 radical (unpaired) electrons. The molecule has 0 saturated carbocycles. The van der Waals surface area contributed by atoms with Crippen molar-refractivity contribution in [3.05, 3.63) is 40.0 Å². The number of nitrogens with two attached hydrogens (primary N) is 1. The average Bonchev–Trinajstić information content (AvgIpc) is 2.27. The van der Waals surface area contributed by atoms with E-state index in [0.717, 1.165) is 21.4 Å². The van der Waals surface area contributed by atoms with E-state index in [1.54, 1.807) is 0 Å². The lowest BCUT2D eigenvalue weighted by Gasteiger charge is -2.19. The first-order valence-corrected chi connectivity index (χ1v) is 5.71. The van der Waals surface area contributed by atoms with Gasteiger partial charge in [0, 0.05) is 22.3 Å². The molecule has 5 heteroatoms. The molecule has 1 aliphatic heterocycles. The van der Waals surface area contributed by atoms with E-state index in [-0.39, 0.29) is 6.03 Å². The van der Waals surface area contributed by atoms with Crippen LogP contribution in [-0.4, -0.2) is 12.6 Å². The molecular formula is C11H12BrN3O. The van der Waals surface area contributed by atoms with Crippen LogP contribution < -0.4 is 16.4 Å². The Labute approximate surface area is 102 Å². The summed E-state index contributed by atoms with van der Waals surface area (Å²) in [4.78, 5) is 11.2. The second-order valence-electron chi connectivity index (χ2n) is 3.61. The lowest BCUT2D eigenvalue weighted by molar-refractivity contribution is 0.242. The maximum Gasteiger partial charge on any atom is 0.319 e. The van der Waals surface area contributed by atoms with E-state index in [2.05, 4.69) is 26.6 Å². The molecule has 0 atom stereocenters. The summed E-state index contributed by atoms with van der Waals surface area (Å²) in [6, 6.07) is 7.46. The third-order valence-electron chi connectivity index (χ3n) is 2.36. The molecular weight excluding hydrogens is 270 g/mol. The maximum atomic E-state index is 11.2. The number of carbonyl (C=O) groups is 1. The zero-order chi connectivity index (χ0) is 11.5. The van der Waals surface area contributed by atoms with Gasteiger partial charge in [-0.3, -0.25) is 0 Å². The number of urea groups is 1. The molecule has 1 aromatic carbocycles. The van der Waals surface area contributed by atoms with Crippen LogP contribution in [0, 0.1) is 0 Å². The monoisotopic (exact) mass is 281 g/mol. The first-order chi connectivity index (χ1) is 7.65. The molecule has 0 saturated heterocycles. The Morgan fingerprint density at radius 2 is 2.00 bits per heavy atom. The third kappa shape index (κ3) is 2.55. The Kier molecular flexibility index (Phi) is 3.14. The van der Waals surface area contributed by atoms with E-state index in [4.69, 9.17) is 5.73 Å².